The lowest BCUT2D eigenvalue weighted by molar-refractivity contribution is 0.344. The van der Waals surface area contributed by atoms with Crippen molar-refractivity contribution in [2.75, 3.05) is 5.32 Å². The monoisotopic (exact) mass is 779 g/mol. The van der Waals surface area contributed by atoms with E-state index in [1.807, 2.05) is 36.4 Å². The summed E-state index contributed by atoms with van der Waals surface area (Å²) in [6.07, 6.45) is 11.0. The number of hydrogen-bond donors (Lipinski definition) is 3. The van der Waals surface area contributed by atoms with E-state index in [1.54, 1.807) is 0 Å². The van der Waals surface area contributed by atoms with E-state index in [0.717, 1.165) is 44.8 Å². The number of rotatable bonds is 11. The first-order valence-electron chi connectivity index (χ1n) is 20.7. The molecule has 2 aliphatic carbocycles. The Hall–Kier alpha value is -6.98. The number of benzene rings is 7. The Balaban J connectivity index is 1.20. The number of allylic oxidation sites excluding steroid dienone is 4. The second-order valence-electron chi connectivity index (χ2n) is 15.7. The number of para-hydroxylation sites is 2. The van der Waals surface area contributed by atoms with Crippen molar-refractivity contribution in [3.63, 3.8) is 0 Å². The summed E-state index contributed by atoms with van der Waals surface area (Å²) < 4.78 is 6.50. The molecule has 0 saturated carbocycles. The molecular formula is C56H49N3O. The fourth-order valence-corrected chi connectivity index (χ4v) is 8.96. The van der Waals surface area contributed by atoms with Crippen molar-refractivity contribution in [2.45, 2.75) is 37.4 Å². The molecule has 2 aliphatic rings. The standard InChI is InChI=1S/C56H49N3O/c1-38-19-13-18-30-53(38)60-40(3)55(43-24-9-5-10-25-43)59-39(2)44-31-33-51-48(35-44)49-36-45(54(57)42-22-7-4-8-23-42)32-34-52(49)56(51)46(37-58-47-27-11-6-12-28-47)26-16-14-20-41-21-15-17-29-50(41)56/h4-37,39,54-55,58-59H,3,57H2,1-2H3/b20-14-,26-16-,46-37-. The van der Waals surface area contributed by atoms with Gasteiger partial charge in [0.2, 0.25) is 0 Å². The molecule has 4 heteroatoms. The van der Waals surface area contributed by atoms with Crippen LogP contribution >= 0.6 is 0 Å². The maximum atomic E-state index is 7.07. The van der Waals surface area contributed by atoms with Crippen LogP contribution in [0, 0.1) is 6.92 Å². The molecule has 4 nitrogen and oxygen atoms in total. The van der Waals surface area contributed by atoms with Gasteiger partial charge in [-0.15, -0.1) is 0 Å². The lowest BCUT2D eigenvalue weighted by atomic mass is 9.65. The topological polar surface area (TPSA) is 59.3 Å². The van der Waals surface area contributed by atoms with Gasteiger partial charge in [0.05, 0.1) is 17.5 Å². The Morgan fingerprint density at radius 2 is 1.20 bits per heavy atom. The van der Waals surface area contributed by atoms with Crippen molar-refractivity contribution in [2.24, 2.45) is 5.73 Å². The second kappa shape index (κ2) is 16.7. The summed E-state index contributed by atoms with van der Waals surface area (Å²) in [5, 5.41) is 7.59. The Morgan fingerprint density at radius 1 is 0.617 bits per heavy atom. The molecule has 0 heterocycles. The molecule has 0 amide bonds. The quantitative estimate of drug-likeness (QED) is 0.114. The number of fused-ring (bicyclic) bond motifs is 7. The van der Waals surface area contributed by atoms with Crippen LogP contribution in [-0.2, 0) is 5.41 Å². The smallest absolute Gasteiger partial charge is 0.129 e. The normalized spacial score (nSPS) is 18.2. The number of nitrogens with one attached hydrogen (secondary N) is 2. The number of aryl methyl sites for hydroxylation is 1. The van der Waals surface area contributed by atoms with Crippen LogP contribution in [0.2, 0.25) is 0 Å². The molecule has 0 fully saturated rings. The van der Waals surface area contributed by atoms with Crippen LogP contribution in [-0.4, -0.2) is 0 Å². The highest BCUT2D eigenvalue weighted by Gasteiger charge is 2.48. The third-order valence-electron chi connectivity index (χ3n) is 12.0. The lowest BCUT2D eigenvalue weighted by Crippen LogP contribution is -2.31. The summed E-state index contributed by atoms with van der Waals surface area (Å²) in [6, 6.07) is 61.3. The largest absolute Gasteiger partial charge is 0.460 e. The van der Waals surface area contributed by atoms with Gasteiger partial charge in [-0.05, 0) is 111 Å². The second-order valence-corrected chi connectivity index (χ2v) is 15.7. The third kappa shape index (κ3) is 7.21. The average molecular weight is 780 g/mol. The molecule has 0 radical (unpaired) electrons. The van der Waals surface area contributed by atoms with Crippen molar-refractivity contribution in [3.8, 4) is 16.9 Å². The molecule has 0 bridgehead atoms. The van der Waals surface area contributed by atoms with E-state index in [9.17, 15) is 0 Å². The van der Waals surface area contributed by atoms with Gasteiger partial charge in [0.1, 0.15) is 11.5 Å². The van der Waals surface area contributed by atoms with Crippen molar-refractivity contribution in [1.29, 1.82) is 0 Å². The van der Waals surface area contributed by atoms with Gasteiger partial charge in [-0.3, -0.25) is 5.32 Å². The van der Waals surface area contributed by atoms with Crippen molar-refractivity contribution < 1.29 is 4.74 Å². The molecule has 0 aromatic heterocycles. The van der Waals surface area contributed by atoms with Crippen LogP contribution < -0.4 is 21.1 Å². The maximum Gasteiger partial charge on any atom is 0.129 e. The number of hydrogen-bond acceptors (Lipinski definition) is 4. The SMILES string of the molecule is C=C(Oc1ccccc1C)C(NC(C)c1ccc2c(c1)-c1cc(C(N)c3ccccc3)ccc1C21C(=C\Nc2ccccc2)/C=C\C=C/c2ccccc21)c1ccccc1. The summed E-state index contributed by atoms with van der Waals surface area (Å²) >= 11 is 0. The van der Waals surface area contributed by atoms with Crippen molar-refractivity contribution in [1.82, 2.24) is 5.32 Å². The molecule has 0 aliphatic heterocycles. The van der Waals surface area contributed by atoms with E-state index < -0.39 is 5.41 Å². The van der Waals surface area contributed by atoms with E-state index in [2.05, 4.69) is 201 Å². The Morgan fingerprint density at radius 3 is 1.92 bits per heavy atom. The predicted molar refractivity (Wildman–Crippen MR) is 249 cm³/mol. The fraction of sp³-hybridized carbons (Fsp3) is 0.107. The zero-order chi connectivity index (χ0) is 41.1. The first-order chi connectivity index (χ1) is 29.4. The van der Waals surface area contributed by atoms with Gasteiger partial charge in [0.25, 0.3) is 0 Å². The van der Waals surface area contributed by atoms with E-state index in [4.69, 9.17) is 10.5 Å². The number of nitrogens with two attached hydrogens (primary N) is 1. The Labute approximate surface area is 354 Å². The van der Waals surface area contributed by atoms with E-state index in [1.165, 1.54) is 33.4 Å². The number of anilines is 1. The molecule has 7 aromatic rings. The predicted octanol–water partition coefficient (Wildman–Crippen LogP) is 12.9. The van der Waals surface area contributed by atoms with Crippen LogP contribution in [0.25, 0.3) is 17.2 Å². The highest BCUT2D eigenvalue weighted by Crippen LogP contribution is 2.58. The van der Waals surface area contributed by atoms with E-state index in [-0.39, 0.29) is 18.1 Å². The van der Waals surface area contributed by atoms with Gasteiger partial charge in [-0.2, -0.15) is 0 Å². The fourth-order valence-electron chi connectivity index (χ4n) is 8.96. The van der Waals surface area contributed by atoms with Gasteiger partial charge in [0, 0.05) is 17.9 Å². The first-order valence-corrected chi connectivity index (χ1v) is 20.7. The highest BCUT2D eigenvalue weighted by molar-refractivity contribution is 5.89. The van der Waals surface area contributed by atoms with Crippen LogP contribution in [0.3, 0.4) is 0 Å². The third-order valence-corrected chi connectivity index (χ3v) is 12.0. The Kier molecular flexibility index (Phi) is 10.7. The lowest BCUT2D eigenvalue weighted by Gasteiger charge is -2.36. The minimum absolute atomic E-state index is 0.0744. The Bertz CT molecular complexity index is 2750. The molecule has 7 aromatic carbocycles. The van der Waals surface area contributed by atoms with Crippen LogP contribution in [0.1, 0.15) is 75.1 Å². The van der Waals surface area contributed by atoms with Crippen molar-refractivity contribution >= 4 is 11.8 Å². The molecule has 1 spiro atoms. The van der Waals surface area contributed by atoms with Gasteiger partial charge < -0.3 is 15.8 Å². The van der Waals surface area contributed by atoms with Gasteiger partial charge in [0.15, 0.2) is 0 Å². The van der Waals surface area contributed by atoms with Crippen LogP contribution in [0.5, 0.6) is 5.75 Å². The molecule has 0 saturated heterocycles. The number of ether oxygens (including phenoxy) is 1. The van der Waals surface area contributed by atoms with Gasteiger partial charge in [-0.25, -0.2) is 0 Å². The highest BCUT2D eigenvalue weighted by atomic mass is 16.5. The minimum atomic E-state index is -0.642. The maximum absolute atomic E-state index is 7.07. The first kappa shape index (κ1) is 38.5. The summed E-state index contributed by atoms with van der Waals surface area (Å²) in [6.45, 7) is 8.76. The van der Waals surface area contributed by atoms with Crippen molar-refractivity contribution in [3.05, 3.63) is 268 Å². The minimum Gasteiger partial charge on any atom is -0.460 e. The summed E-state index contributed by atoms with van der Waals surface area (Å²) in [7, 11) is 0. The average Bonchev–Trinajstić information content (AvgIpc) is 3.58. The summed E-state index contributed by atoms with van der Waals surface area (Å²) in [5.74, 6) is 1.44. The molecule has 4 unspecified atom stereocenters. The van der Waals surface area contributed by atoms with Crippen LogP contribution in [0.15, 0.2) is 218 Å². The molecule has 4 N–H and O–H groups in total. The molecular weight excluding hydrogens is 731 g/mol. The molecule has 9 rings (SSSR count). The molecule has 294 valence electrons. The van der Waals surface area contributed by atoms with Gasteiger partial charge >= 0.3 is 0 Å². The zero-order valence-corrected chi connectivity index (χ0v) is 34.1. The van der Waals surface area contributed by atoms with Crippen LogP contribution in [0.4, 0.5) is 5.69 Å². The molecule has 4 atom stereocenters. The van der Waals surface area contributed by atoms with Gasteiger partial charge in [-0.1, -0.05) is 176 Å². The summed E-state index contributed by atoms with van der Waals surface area (Å²) in [4.78, 5) is 0. The molecule has 60 heavy (non-hydrogen) atoms. The van der Waals surface area contributed by atoms with E-state index in [0.29, 0.717) is 5.76 Å². The summed E-state index contributed by atoms with van der Waals surface area (Å²) in [5.41, 5.74) is 21.2. The zero-order valence-electron chi connectivity index (χ0n) is 34.1. The van der Waals surface area contributed by atoms with E-state index >= 15 is 0 Å².